The van der Waals surface area contributed by atoms with Crippen molar-refractivity contribution < 1.29 is 19.2 Å². The lowest BCUT2D eigenvalue weighted by Crippen LogP contribution is -2.06. The highest BCUT2D eigenvalue weighted by Crippen LogP contribution is 2.34. The molecule has 0 radical (unpaired) electrons. The largest absolute Gasteiger partial charge is 0.303 e. The maximum absolute atomic E-state index is 10.5. The van der Waals surface area contributed by atoms with E-state index in [0.29, 0.717) is 0 Å². The Morgan fingerprint density at radius 1 is 0.155 bits per heavy atom. The van der Waals surface area contributed by atoms with E-state index in [2.05, 4.69) is 21.6 Å². The Morgan fingerprint density at radius 3 is 0.381 bits per heavy atom. The van der Waals surface area contributed by atoms with Crippen LogP contribution in [0.1, 0.15) is 449 Å². The van der Waals surface area contributed by atoms with Crippen LogP contribution in [0.25, 0.3) is 0 Å². The molecule has 0 spiro atoms. The van der Waals surface area contributed by atoms with E-state index in [4.69, 9.17) is 0 Å². The van der Waals surface area contributed by atoms with E-state index < -0.39 is 0 Å². The van der Waals surface area contributed by atoms with E-state index in [1.54, 1.807) is 0 Å². The molecule has 0 saturated carbocycles. The summed E-state index contributed by atoms with van der Waals surface area (Å²) in [6.07, 6.45) is 99.2. The molecule has 0 aliphatic carbocycles. The fourth-order valence-corrected chi connectivity index (χ4v) is 16.1. The summed E-state index contributed by atoms with van der Waals surface area (Å²) in [7, 11) is 4.55. The van der Waals surface area contributed by atoms with Gasteiger partial charge in [0.15, 0.2) is 0 Å². The van der Waals surface area contributed by atoms with Gasteiger partial charge in [0.1, 0.15) is 25.1 Å². The van der Waals surface area contributed by atoms with Gasteiger partial charge in [0.2, 0.25) is 0 Å². The van der Waals surface area contributed by atoms with E-state index in [1.807, 2.05) is 0 Å². The molecule has 0 aromatic heterocycles. The molecule has 4 nitrogen and oxygen atoms in total. The summed E-state index contributed by atoms with van der Waals surface area (Å²) < 4.78 is 0. The monoisotopic (exact) mass is 1220 g/mol. The zero-order chi connectivity index (χ0) is 60.3. The smallest absolute Gasteiger partial charge is 0.119 e. The van der Waals surface area contributed by atoms with Crippen molar-refractivity contribution in [2.75, 3.05) is 11.5 Å². The van der Waals surface area contributed by atoms with Gasteiger partial charge in [0.25, 0.3) is 0 Å². The first-order valence-electron chi connectivity index (χ1n) is 38.8. The topological polar surface area (TPSA) is 68.3 Å². The quantitative estimate of drug-likeness (QED) is 0.0343. The molecule has 0 aromatic rings. The lowest BCUT2D eigenvalue weighted by molar-refractivity contribution is -0.108. The Kier molecular flexibility index (Phi) is 77.9. The van der Waals surface area contributed by atoms with Gasteiger partial charge in [0.05, 0.1) is 0 Å². The molecule has 0 aromatic carbocycles. The average Bonchev–Trinajstić information content (AvgIpc) is 3.50. The highest BCUT2D eigenvalue weighted by Gasteiger charge is 2.13. The molecule has 0 bridgehead atoms. The van der Waals surface area contributed by atoms with Crippen LogP contribution < -0.4 is 0 Å². The first kappa shape index (κ1) is 83.4. The summed E-state index contributed by atoms with van der Waals surface area (Å²) in [6.45, 7) is 0. The van der Waals surface area contributed by atoms with Crippen LogP contribution in [0.3, 0.4) is 0 Å². The van der Waals surface area contributed by atoms with Gasteiger partial charge in [0, 0.05) is 37.2 Å². The Labute approximate surface area is 535 Å². The van der Waals surface area contributed by atoms with E-state index in [9.17, 15) is 19.2 Å². The molecule has 0 rings (SSSR count). The van der Waals surface area contributed by atoms with E-state index in [1.165, 1.54) is 410 Å². The third-order valence-corrected chi connectivity index (χ3v) is 21.6. The molecule has 0 N–H and O–H groups in total. The van der Waals surface area contributed by atoms with Crippen molar-refractivity contribution in [2.24, 2.45) is 11.8 Å². The van der Waals surface area contributed by atoms with Crippen LogP contribution in [0.5, 0.6) is 0 Å². The molecule has 0 aliphatic rings. The number of unbranched alkanes of at least 4 members (excludes halogenated alkanes) is 62. The summed E-state index contributed by atoms with van der Waals surface area (Å²) in [6, 6.07) is 0. The molecule has 0 heterocycles. The van der Waals surface area contributed by atoms with Gasteiger partial charge in [-0.15, -0.1) is 0 Å². The molecule has 2 unspecified atom stereocenters. The van der Waals surface area contributed by atoms with Crippen molar-refractivity contribution in [2.45, 2.75) is 449 Å². The lowest BCUT2D eigenvalue weighted by Gasteiger charge is -2.19. The molecular weight excluding hydrogens is 1060 g/mol. The Balaban J connectivity index is 4.78. The van der Waals surface area contributed by atoms with Gasteiger partial charge in [-0.2, -0.15) is 0 Å². The number of carbonyl (C=O) groups is 4. The standard InChI is InChI=1S/C78H150O4S2/c79-71-63-55-47-39-31-23-15-7-1-3-11-19-27-35-43-51-59-67-77(69-61-53-45-37-29-21-13-5-9-17-25-33-41-49-57-65-73-81)75-83-84-76-78(70-62-54-46-38-30-22-14-6-10-18-26-34-42-50-58-66-74-82)68-60-52-44-36-28-20-12-4-2-8-16-24-32-40-48-56-64-72-80/h71-74,77-78H,1-70,75-76H2. The van der Waals surface area contributed by atoms with Crippen LogP contribution in [0.15, 0.2) is 0 Å². The van der Waals surface area contributed by atoms with Gasteiger partial charge in [-0.3, -0.25) is 0 Å². The van der Waals surface area contributed by atoms with Gasteiger partial charge < -0.3 is 19.2 Å². The third kappa shape index (κ3) is 73.8. The first-order valence-corrected chi connectivity index (χ1v) is 41.3. The van der Waals surface area contributed by atoms with Crippen molar-refractivity contribution in [3.63, 3.8) is 0 Å². The zero-order valence-electron chi connectivity index (χ0n) is 56.8. The molecule has 2 atom stereocenters. The number of carbonyl (C=O) groups excluding carboxylic acids is 4. The van der Waals surface area contributed by atoms with Crippen LogP contribution >= 0.6 is 21.6 Å². The van der Waals surface area contributed by atoms with Gasteiger partial charge in [-0.05, 0) is 63.2 Å². The molecule has 0 fully saturated rings. The summed E-state index contributed by atoms with van der Waals surface area (Å²) >= 11 is 0. The van der Waals surface area contributed by atoms with Gasteiger partial charge in [-0.25, -0.2) is 0 Å². The molecule has 84 heavy (non-hydrogen) atoms. The zero-order valence-corrected chi connectivity index (χ0v) is 58.5. The van der Waals surface area contributed by atoms with Crippen molar-refractivity contribution in [1.29, 1.82) is 0 Å². The van der Waals surface area contributed by atoms with Crippen molar-refractivity contribution in [1.82, 2.24) is 0 Å². The normalized spacial score (nSPS) is 12.3. The molecule has 498 valence electrons. The SMILES string of the molecule is O=CCCCCCCCCCCCCCCCCCCC(CCCCCCCCCCCCCCCCCC=O)CSSCC(CCCCCCCCCCCCCCCCCC=O)CCCCCCCCCCCCCCCCCCC=O. The maximum atomic E-state index is 10.5. The highest BCUT2D eigenvalue weighted by atomic mass is 33.1. The number of rotatable bonds is 79. The summed E-state index contributed by atoms with van der Waals surface area (Å²) in [5.41, 5.74) is 0. The minimum Gasteiger partial charge on any atom is -0.303 e. The second kappa shape index (κ2) is 78.5. The fourth-order valence-electron chi connectivity index (χ4n) is 13.1. The highest BCUT2D eigenvalue weighted by molar-refractivity contribution is 8.76. The third-order valence-electron chi connectivity index (χ3n) is 18.9. The maximum Gasteiger partial charge on any atom is 0.119 e. The van der Waals surface area contributed by atoms with E-state index >= 15 is 0 Å². The van der Waals surface area contributed by atoms with Crippen LogP contribution in [-0.2, 0) is 19.2 Å². The summed E-state index contributed by atoms with van der Waals surface area (Å²) in [5, 5.41) is 0. The van der Waals surface area contributed by atoms with Crippen LogP contribution in [0.2, 0.25) is 0 Å². The van der Waals surface area contributed by atoms with Crippen molar-refractivity contribution in [3.05, 3.63) is 0 Å². The summed E-state index contributed by atoms with van der Waals surface area (Å²) in [5.74, 6) is 4.59. The van der Waals surface area contributed by atoms with Crippen LogP contribution in [0, 0.1) is 11.8 Å². The van der Waals surface area contributed by atoms with E-state index in [0.717, 1.165) is 88.3 Å². The van der Waals surface area contributed by atoms with Crippen LogP contribution in [0.4, 0.5) is 0 Å². The predicted molar refractivity (Wildman–Crippen MR) is 379 cm³/mol. The second-order valence-corrected chi connectivity index (χ2v) is 29.7. The molecule has 0 saturated heterocycles. The Hall–Kier alpha value is -0.620. The fraction of sp³-hybridized carbons (Fsp3) is 0.949. The van der Waals surface area contributed by atoms with Crippen molar-refractivity contribution in [3.8, 4) is 0 Å². The molecule has 0 amide bonds. The molecule has 6 heteroatoms. The average molecular weight is 1220 g/mol. The first-order chi connectivity index (χ1) is 41.8. The van der Waals surface area contributed by atoms with E-state index in [-0.39, 0.29) is 0 Å². The molecular formula is C78H150O4S2. The number of hydrogen-bond acceptors (Lipinski definition) is 6. The second-order valence-electron chi connectivity index (χ2n) is 27.2. The van der Waals surface area contributed by atoms with Gasteiger partial charge >= 0.3 is 0 Å². The Morgan fingerprint density at radius 2 is 0.262 bits per heavy atom. The number of aldehydes is 4. The van der Waals surface area contributed by atoms with Crippen molar-refractivity contribution >= 4 is 46.7 Å². The summed E-state index contributed by atoms with van der Waals surface area (Å²) in [4.78, 5) is 42.0. The minimum atomic E-state index is 0.752. The van der Waals surface area contributed by atoms with Crippen LogP contribution in [-0.4, -0.2) is 36.7 Å². The number of hydrogen-bond donors (Lipinski definition) is 0. The molecule has 0 aliphatic heterocycles. The van der Waals surface area contributed by atoms with Gasteiger partial charge in [-0.1, -0.05) is 394 Å². The minimum absolute atomic E-state index is 0.752. The lowest BCUT2D eigenvalue weighted by atomic mass is 9.95. The predicted octanol–water partition coefficient (Wildman–Crippen LogP) is 27.7. The Bertz CT molecular complexity index is 1140.